The van der Waals surface area contributed by atoms with Crippen molar-refractivity contribution >= 4 is 34.7 Å². The van der Waals surface area contributed by atoms with E-state index in [1.54, 1.807) is 6.20 Å². The lowest BCUT2D eigenvalue weighted by Crippen LogP contribution is -2.40. The summed E-state index contributed by atoms with van der Waals surface area (Å²) in [7, 11) is 0. The summed E-state index contributed by atoms with van der Waals surface area (Å²) >= 11 is 6.24. The molecule has 2 aliphatic carbocycles. The van der Waals surface area contributed by atoms with Crippen LogP contribution in [0.4, 0.5) is 16.0 Å². The average Bonchev–Trinajstić information content (AvgIpc) is 3.59. The lowest BCUT2D eigenvalue weighted by atomic mass is 9.82. The van der Waals surface area contributed by atoms with Gasteiger partial charge in [-0.25, -0.2) is 19.3 Å². The molecule has 35 heavy (non-hydrogen) atoms. The number of aryl methyl sites for hydroxylation is 1. The van der Waals surface area contributed by atoms with Crippen LogP contribution in [0.5, 0.6) is 0 Å². The van der Waals surface area contributed by atoms with E-state index in [1.807, 2.05) is 13.0 Å². The molecule has 0 atom stereocenters. The summed E-state index contributed by atoms with van der Waals surface area (Å²) < 4.78 is 16.0. The maximum Gasteiger partial charge on any atom is 0.251 e. The Labute approximate surface area is 208 Å². The molecular weight excluding hydrogens is 467 g/mol. The van der Waals surface area contributed by atoms with Crippen LogP contribution in [0, 0.1) is 5.82 Å². The number of carbonyl (C=O) groups is 1. The van der Waals surface area contributed by atoms with Crippen molar-refractivity contribution in [1.82, 2.24) is 25.2 Å². The fourth-order valence-electron chi connectivity index (χ4n) is 5.55. The number of aromatic nitrogens is 3. The van der Waals surface area contributed by atoms with Gasteiger partial charge in [0.25, 0.3) is 5.91 Å². The molecule has 0 unspecified atom stereocenters. The first-order valence-electron chi connectivity index (χ1n) is 12.3. The summed E-state index contributed by atoms with van der Waals surface area (Å²) in [5, 5.41) is 6.18. The molecule has 9 heteroatoms. The van der Waals surface area contributed by atoms with E-state index >= 15 is 4.39 Å². The molecule has 0 bridgehead atoms. The molecule has 2 N–H and O–H groups in total. The van der Waals surface area contributed by atoms with Gasteiger partial charge in [-0.1, -0.05) is 6.08 Å². The maximum absolute atomic E-state index is 16.0. The van der Waals surface area contributed by atoms with Crippen LogP contribution in [0.15, 0.2) is 23.4 Å². The van der Waals surface area contributed by atoms with Gasteiger partial charge in [0.1, 0.15) is 5.82 Å². The molecule has 182 valence electrons. The van der Waals surface area contributed by atoms with Crippen molar-refractivity contribution in [3.8, 4) is 0 Å². The second-order valence-electron chi connectivity index (χ2n) is 10.1. The second-order valence-corrected chi connectivity index (χ2v) is 10.5. The third-order valence-corrected chi connectivity index (χ3v) is 8.09. The monoisotopic (exact) mass is 494 g/mol. The number of nitrogens with one attached hydrogen (secondary N) is 2. The fourth-order valence-corrected chi connectivity index (χ4v) is 5.73. The van der Waals surface area contributed by atoms with Gasteiger partial charge in [0.15, 0.2) is 11.6 Å². The number of carbonyl (C=O) groups excluding carboxylic acids is 1. The molecule has 4 aliphatic rings. The summed E-state index contributed by atoms with van der Waals surface area (Å²) in [4.78, 5) is 28.2. The van der Waals surface area contributed by atoms with Gasteiger partial charge in [0, 0.05) is 54.5 Å². The summed E-state index contributed by atoms with van der Waals surface area (Å²) in [6.07, 6.45) is 8.95. The molecule has 2 aromatic heterocycles. The van der Waals surface area contributed by atoms with E-state index in [1.165, 1.54) is 12.8 Å². The SMILES string of the molecule is CC1=C(C2=CCCNC2=O)CCc2cnc(Nc3nc(Cl)nc4c3CN(C3(C)CC3)CC4)c(F)c21. The lowest BCUT2D eigenvalue weighted by Gasteiger charge is -2.34. The smallest absolute Gasteiger partial charge is 0.251 e. The first-order valence-corrected chi connectivity index (χ1v) is 12.7. The van der Waals surface area contributed by atoms with E-state index in [0.717, 1.165) is 47.4 Å². The van der Waals surface area contributed by atoms with Crippen LogP contribution in [-0.2, 0) is 24.2 Å². The quantitative estimate of drug-likeness (QED) is 0.610. The largest absolute Gasteiger partial charge is 0.352 e. The number of anilines is 2. The summed E-state index contributed by atoms with van der Waals surface area (Å²) in [5.41, 5.74) is 5.79. The third-order valence-electron chi connectivity index (χ3n) is 7.92. The summed E-state index contributed by atoms with van der Waals surface area (Å²) in [6, 6.07) is 0. The molecule has 1 saturated carbocycles. The predicted molar refractivity (Wildman–Crippen MR) is 133 cm³/mol. The zero-order chi connectivity index (χ0) is 24.3. The van der Waals surface area contributed by atoms with Crippen LogP contribution in [0.1, 0.15) is 61.9 Å². The lowest BCUT2D eigenvalue weighted by molar-refractivity contribution is -0.117. The highest BCUT2D eigenvalue weighted by Gasteiger charge is 2.44. The molecule has 4 heterocycles. The van der Waals surface area contributed by atoms with Crippen molar-refractivity contribution in [1.29, 1.82) is 0 Å². The number of allylic oxidation sites excluding steroid dienone is 1. The van der Waals surface area contributed by atoms with Crippen LogP contribution < -0.4 is 10.6 Å². The molecule has 0 spiro atoms. The predicted octanol–water partition coefficient (Wildman–Crippen LogP) is 4.48. The number of hydrogen-bond acceptors (Lipinski definition) is 6. The Balaban J connectivity index is 1.37. The minimum atomic E-state index is -0.431. The van der Waals surface area contributed by atoms with Gasteiger partial charge < -0.3 is 10.6 Å². The Hall–Kier alpha value is -2.84. The van der Waals surface area contributed by atoms with Crippen molar-refractivity contribution < 1.29 is 9.18 Å². The van der Waals surface area contributed by atoms with E-state index in [9.17, 15) is 4.79 Å². The number of pyridine rings is 1. The topological polar surface area (TPSA) is 83.0 Å². The maximum atomic E-state index is 16.0. The Morgan fingerprint density at radius 2 is 2.03 bits per heavy atom. The van der Waals surface area contributed by atoms with Crippen molar-refractivity contribution in [3.63, 3.8) is 0 Å². The molecule has 2 aromatic rings. The van der Waals surface area contributed by atoms with Crippen LogP contribution in [0.2, 0.25) is 5.28 Å². The molecule has 7 nitrogen and oxygen atoms in total. The Bertz CT molecular complexity index is 1320. The molecule has 2 aliphatic heterocycles. The minimum Gasteiger partial charge on any atom is -0.352 e. The molecule has 1 amide bonds. The second kappa shape index (κ2) is 8.38. The van der Waals surface area contributed by atoms with E-state index in [-0.39, 0.29) is 22.5 Å². The zero-order valence-electron chi connectivity index (χ0n) is 20.0. The molecule has 0 aromatic carbocycles. The van der Waals surface area contributed by atoms with E-state index < -0.39 is 5.82 Å². The number of amides is 1. The number of nitrogens with zero attached hydrogens (tertiary/aromatic N) is 4. The highest BCUT2D eigenvalue weighted by Crippen LogP contribution is 2.44. The Morgan fingerprint density at radius 1 is 1.20 bits per heavy atom. The number of fused-ring (bicyclic) bond motifs is 2. The number of rotatable bonds is 4. The minimum absolute atomic E-state index is 0.0852. The standard InChI is InChI=1S/C26H28ClFN6O/c1-14-16(17-4-3-10-29-24(17)35)6-5-15-12-30-23(21(28)20(14)15)32-22-18-13-34(26(2)8-9-26)11-7-19(18)31-25(27)33-22/h4,12H,3,5-11,13H2,1-2H3,(H,29,35)(H,30,31,32,33). The zero-order valence-corrected chi connectivity index (χ0v) is 20.7. The van der Waals surface area contributed by atoms with Gasteiger partial charge in [-0.2, -0.15) is 0 Å². The van der Waals surface area contributed by atoms with Crippen molar-refractivity contribution in [3.05, 3.63) is 56.9 Å². The highest BCUT2D eigenvalue weighted by molar-refractivity contribution is 6.28. The third kappa shape index (κ3) is 3.93. The van der Waals surface area contributed by atoms with Gasteiger partial charge in [-0.05, 0) is 74.3 Å². The van der Waals surface area contributed by atoms with Crippen LogP contribution in [0.3, 0.4) is 0 Å². The Morgan fingerprint density at radius 3 is 2.80 bits per heavy atom. The highest BCUT2D eigenvalue weighted by atomic mass is 35.5. The van der Waals surface area contributed by atoms with Crippen molar-refractivity contribution in [2.45, 2.75) is 64.5 Å². The molecule has 6 rings (SSSR count). The number of halogens is 2. The number of hydrogen-bond donors (Lipinski definition) is 2. The molecule has 0 saturated heterocycles. The van der Waals surface area contributed by atoms with Gasteiger partial charge in [0.05, 0.1) is 5.69 Å². The molecule has 0 radical (unpaired) electrons. The van der Waals surface area contributed by atoms with Gasteiger partial charge in [-0.15, -0.1) is 0 Å². The summed E-state index contributed by atoms with van der Waals surface area (Å²) in [5.74, 6) is 0.0998. The van der Waals surface area contributed by atoms with E-state index in [4.69, 9.17) is 11.6 Å². The molecule has 1 fully saturated rings. The summed E-state index contributed by atoms with van der Waals surface area (Å²) in [6.45, 7) is 6.43. The van der Waals surface area contributed by atoms with E-state index in [2.05, 4.69) is 37.4 Å². The molecular formula is C26H28ClFN6O. The fraction of sp³-hybridized carbons (Fsp3) is 0.462. The average molecular weight is 495 g/mol. The Kier molecular flexibility index (Phi) is 5.41. The first-order chi connectivity index (χ1) is 16.8. The van der Waals surface area contributed by atoms with Crippen molar-refractivity contribution in [2.24, 2.45) is 0 Å². The first kappa shape index (κ1) is 22.6. The van der Waals surface area contributed by atoms with Gasteiger partial charge >= 0.3 is 0 Å². The normalized spacial score (nSPS) is 21.1. The van der Waals surface area contributed by atoms with Crippen LogP contribution >= 0.6 is 11.6 Å². The van der Waals surface area contributed by atoms with E-state index in [0.29, 0.717) is 42.9 Å². The van der Waals surface area contributed by atoms with Crippen LogP contribution in [-0.4, -0.2) is 44.4 Å². The van der Waals surface area contributed by atoms with Crippen molar-refractivity contribution in [2.75, 3.05) is 18.4 Å². The van der Waals surface area contributed by atoms with Crippen LogP contribution in [0.25, 0.3) is 5.57 Å². The van der Waals surface area contributed by atoms with Gasteiger partial charge in [-0.3, -0.25) is 9.69 Å². The van der Waals surface area contributed by atoms with Gasteiger partial charge in [0.2, 0.25) is 5.28 Å².